The van der Waals surface area contributed by atoms with Crippen LogP contribution in [0, 0.1) is 11.8 Å². The van der Waals surface area contributed by atoms with Gasteiger partial charge in [0.05, 0.1) is 6.20 Å². The lowest BCUT2D eigenvalue weighted by Gasteiger charge is -2.21. The van der Waals surface area contributed by atoms with Crippen LogP contribution in [0.5, 0.6) is 0 Å². The van der Waals surface area contributed by atoms with Crippen LogP contribution in [0.3, 0.4) is 0 Å². The van der Waals surface area contributed by atoms with Crippen LogP contribution < -0.4 is 0 Å². The van der Waals surface area contributed by atoms with E-state index in [-0.39, 0.29) is 0 Å². The van der Waals surface area contributed by atoms with Gasteiger partial charge in [-0.1, -0.05) is 24.3 Å². The molecule has 0 aliphatic heterocycles. The highest BCUT2D eigenvalue weighted by atomic mass is 15.2. The van der Waals surface area contributed by atoms with E-state index in [1.54, 1.807) is 0 Å². The zero-order valence-electron chi connectivity index (χ0n) is 13.3. The van der Waals surface area contributed by atoms with E-state index in [4.69, 9.17) is 0 Å². The van der Waals surface area contributed by atoms with Crippen molar-refractivity contribution in [3.63, 3.8) is 0 Å². The van der Waals surface area contributed by atoms with Crippen molar-refractivity contribution in [2.24, 2.45) is 18.9 Å². The van der Waals surface area contributed by atoms with Crippen LogP contribution in [-0.2, 0) is 13.5 Å². The molecule has 1 aromatic heterocycles. The third kappa shape index (κ3) is 3.73. The van der Waals surface area contributed by atoms with Crippen molar-refractivity contribution in [1.29, 1.82) is 0 Å². The summed E-state index contributed by atoms with van der Waals surface area (Å²) in [5, 5.41) is 4.27. The predicted molar refractivity (Wildman–Crippen MR) is 87.1 cm³/mol. The summed E-state index contributed by atoms with van der Waals surface area (Å²) in [6.45, 7) is 1.20. The lowest BCUT2D eigenvalue weighted by Crippen LogP contribution is -2.24. The van der Waals surface area contributed by atoms with E-state index >= 15 is 0 Å². The summed E-state index contributed by atoms with van der Waals surface area (Å²) in [6.07, 6.45) is 8.05. The van der Waals surface area contributed by atoms with Gasteiger partial charge in [-0.15, -0.1) is 0 Å². The van der Waals surface area contributed by atoms with Crippen LogP contribution in [0.2, 0.25) is 0 Å². The van der Waals surface area contributed by atoms with E-state index in [0.717, 1.165) is 11.8 Å². The molecule has 3 nitrogen and oxygen atoms in total. The lowest BCUT2D eigenvalue weighted by atomic mass is 9.93. The Morgan fingerprint density at radius 1 is 1.29 bits per heavy atom. The summed E-state index contributed by atoms with van der Waals surface area (Å²) in [7, 11) is 6.33. The second kappa shape index (κ2) is 6.02. The van der Waals surface area contributed by atoms with E-state index in [1.807, 2.05) is 17.9 Å². The first-order valence-corrected chi connectivity index (χ1v) is 7.84. The molecule has 1 heterocycles. The van der Waals surface area contributed by atoms with Crippen LogP contribution >= 0.6 is 0 Å². The molecule has 1 fully saturated rings. The molecule has 1 atom stereocenters. The number of nitrogens with zero attached hydrogens (tertiary/aromatic N) is 3. The van der Waals surface area contributed by atoms with Crippen molar-refractivity contribution >= 4 is 0 Å². The maximum absolute atomic E-state index is 4.27. The van der Waals surface area contributed by atoms with E-state index in [2.05, 4.69) is 54.6 Å². The van der Waals surface area contributed by atoms with E-state index < -0.39 is 0 Å². The average molecular weight is 283 g/mol. The summed E-state index contributed by atoms with van der Waals surface area (Å²) in [6, 6.07) is 8.96. The Kier molecular flexibility index (Phi) is 4.11. The normalized spacial score (nSPS) is 16.4. The highest BCUT2D eigenvalue weighted by Gasteiger charge is 2.31. The maximum atomic E-state index is 4.27. The van der Waals surface area contributed by atoms with Crippen LogP contribution in [-0.4, -0.2) is 35.3 Å². The molecule has 0 saturated heterocycles. The number of rotatable bonds is 6. The molecule has 1 aromatic carbocycles. The summed E-state index contributed by atoms with van der Waals surface area (Å²) >= 11 is 0. The first-order valence-electron chi connectivity index (χ1n) is 7.84. The number of benzene rings is 1. The second-order valence-corrected chi connectivity index (χ2v) is 6.67. The Labute approximate surface area is 127 Å². The zero-order valence-corrected chi connectivity index (χ0v) is 13.3. The van der Waals surface area contributed by atoms with Crippen molar-refractivity contribution in [2.45, 2.75) is 19.3 Å². The lowest BCUT2D eigenvalue weighted by molar-refractivity contribution is 0.299. The number of hydrogen-bond donors (Lipinski definition) is 0. The highest BCUT2D eigenvalue weighted by Crippen LogP contribution is 2.39. The van der Waals surface area contributed by atoms with Gasteiger partial charge in [0.25, 0.3) is 0 Å². The van der Waals surface area contributed by atoms with E-state index in [1.165, 1.54) is 42.5 Å². The molecule has 3 heteroatoms. The summed E-state index contributed by atoms with van der Waals surface area (Å²) in [5.74, 6) is 1.73. The maximum Gasteiger partial charge on any atom is 0.0568 e. The second-order valence-electron chi connectivity index (χ2n) is 6.67. The van der Waals surface area contributed by atoms with Crippen LogP contribution in [0.15, 0.2) is 36.7 Å². The van der Waals surface area contributed by atoms with Crippen LogP contribution in [0.4, 0.5) is 0 Å². The quantitative estimate of drug-likeness (QED) is 0.811. The minimum absolute atomic E-state index is 0.796. The minimum atomic E-state index is 0.796. The number of hydrogen-bond acceptors (Lipinski definition) is 2. The van der Waals surface area contributed by atoms with Crippen LogP contribution in [0.25, 0.3) is 11.1 Å². The topological polar surface area (TPSA) is 21.1 Å². The molecular formula is C18H25N3. The molecule has 112 valence electrons. The van der Waals surface area contributed by atoms with Gasteiger partial charge >= 0.3 is 0 Å². The van der Waals surface area contributed by atoms with Gasteiger partial charge in [-0.2, -0.15) is 5.10 Å². The van der Waals surface area contributed by atoms with Crippen molar-refractivity contribution in [3.8, 4) is 11.1 Å². The highest BCUT2D eigenvalue weighted by molar-refractivity contribution is 5.62. The Morgan fingerprint density at radius 3 is 2.71 bits per heavy atom. The molecule has 1 saturated carbocycles. The van der Waals surface area contributed by atoms with Crippen molar-refractivity contribution < 1.29 is 0 Å². The molecule has 2 aromatic rings. The van der Waals surface area contributed by atoms with Gasteiger partial charge in [-0.25, -0.2) is 0 Å². The molecular weight excluding hydrogens is 258 g/mol. The first kappa shape index (κ1) is 14.3. The number of aromatic nitrogens is 2. The molecule has 0 amide bonds. The Hall–Kier alpha value is -1.61. The third-order valence-corrected chi connectivity index (χ3v) is 4.35. The first-order chi connectivity index (χ1) is 10.1. The number of aryl methyl sites for hydroxylation is 1. The molecule has 0 radical (unpaired) electrons. The van der Waals surface area contributed by atoms with Crippen molar-refractivity contribution in [2.75, 3.05) is 20.6 Å². The van der Waals surface area contributed by atoms with Crippen LogP contribution in [0.1, 0.15) is 18.4 Å². The van der Waals surface area contributed by atoms with Gasteiger partial charge in [-0.3, -0.25) is 4.68 Å². The van der Waals surface area contributed by atoms with Gasteiger partial charge < -0.3 is 4.90 Å². The molecule has 3 rings (SSSR count). The fraction of sp³-hybridized carbons (Fsp3) is 0.500. The van der Waals surface area contributed by atoms with Gasteiger partial charge in [-0.05, 0) is 56.3 Å². The standard InChI is InChI=1S/C18H25N3/c1-20(2)12-17(15-7-8-15)10-14-5-4-6-16(9-14)18-11-19-21(3)13-18/h4-6,9,11,13,15,17H,7-8,10,12H2,1-3H3. The fourth-order valence-electron chi connectivity index (χ4n) is 3.17. The van der Waals surface area contributed by atoms with Gasteiger partial charge in [0.2, 0.25) is 0 Å². The molecule has 1 aliphatic carbocycles. The average Bonchev–Trinajstić information content (AvgIpc) is 3.20. The molecule has 0 N–H and O–H groups in total. The van der Waals surface area contributed by atoms with Gasteiger partial charge in [0.15, 0.2) is 0 Å². The Morgan fingerprint density at radius 2 is 2.10 bits per heavy atom. The van der Waals surface area contributed by atoms with E-state index in [0.29, 0.717) is 0 Å². The monoisotopic (exact) mass is 283 g/mol. The van der Waals surface area contributed by atoms with Gasteiger partial charge in [0.1, 0.15) is 0 Å². The SMILES string of the molecule is CN(C)CC(Cc1cccc(-c2cnn(C)c2)c1)C1CC1. The van der Waals surface area contributed by atoms with Gasteiger partial charge in [0, 0.05) is 25.4 Å². The Balaban J connectivity index is 1.76. The van der Waals surface area contributed by atoms with E-state index in [9.17, 15) is 0 Å². The summed E-state index contributed by atoms with van der Waals surface area (Å²) in [5.41, 5.74) is 3.94. The zero-order chi connectivity index (χ0) is 14.8. The summed E-state index contributed by atoms with van der Waals surface area (Å²) < 4.78 is 1.86. The molecule has 1 aliphatic rings. The van der Waals surface area contributed by atoms with Crippen molar-refractivity contribution in [1.82, 2.24) is 14.7 Å². The minimum Gasteiger partial charge on any atom is -0.309 e. The molecule has 1 unspecified atom stereocenters. The fourth-order valence-corrected chi connectivity index (χ4v) is 3.17. The predicted octanol–water partition coefficient (Wildman–Crippen LogP) is 3.22. The molecule has 21 heavy (non-hydrogen) atoms. The molecule has 0 bridgehead atoms. The Bertz CT molecular complexity index is 596. The molecule has 0 spiro atoms. The smallest absolute Gasteiger partial charge is 0.0568 e. The largest absolute Gasteiger partial charge is 0.309 e. The summed E-state index contributed by atoms with van der Waals surface area (Å²) in [4.78, 5) is 2.33. The third-order valence-electron chi connectivity index (χ3n) is 4.35. The van der Waals surface area contributed by atoms with Crippen molar-refractivity contribution in [3.05, 3.63) is 42.2 Å².